The van der Waals surface area contributed by atoms with Gasteiger partial charge in [0.1, 0.15) is 5.82 Å². The Hall–Kier alpha value is -2.38. The summed E-state index contributed by atoms with van der Waals surface area (Å²) in [4.78, 5) is 33.6. The van der Waals surface area contributed by atoms with Crippen molar-refractivity contribution >= 4 is 11.8 Å². The van der Waals surface area contributed by atoms with Gasteiger partial charge >= 0.3 is 11.4 Å². The van der Waals surface area contributed by atoms with E-state index < -0.39 is 17.8 Å². The summed E-state index contributed by atoms with van der Waals surface area (Å²) in [5.41, 5.74) is -1.31. The molecule has 1 aromatic heterocycles. The standard InChI is InChI=1S/C12H14F2N4O2/c1-3-4-8(9(13)14)6-15-5-7(2)10-16-11(19)18-12(20)17-10/h4-6,9H,3H2,1-2H3,(H2,16,17,18,19,20)/b7-5+,8-4-,15-6+. The Balaban J connectivity index is 2.97. The number of alkyl halides is 2. The molecular formula is C12H14F2N4O2. The van der Waals surface area contributed by atoms with E-state index in [0.717, 1.165) is 6.21 Å². The van der Waals surface area contributed by atoms with Gasteiger partial charge in [0.2, 0.25) is 0 Å². The number of H-pyrrole nitrogens is 2. The van der Waals surface area contributed by atoms with Gasteiger partial charge in [-0.25, -0.2) is 18.4 Å². The van der Waals surface area contributed by atoms with E-state index >= 15 is 0 Å². The van der Waals surface area contributed by atoms with E-state index in [1.165, 1.54) is 12.3 Å². The maximum atomic E-state index is 12.6. The summed E-state index contributed by atoms with van der Waals surface area (Å²) in [5.74, 6) is 0.0361. The zero-order valence-electron chi connectivity index (χ0n) is 11.0. The third kappa shape index (κ3) is 4.71. The van der Waals surface area contributed by atoms with E-state index in [2.05, 4.69) is 15.0 Å². The van der Waals surface area contributed by atoms with Crippen molar-refractivity contribution in [3.8, 4) is 0 Å². The van der Waals surface area contributed by atoms with E-state index in [4.69, 9.17) is 0 Å². The molecule has 0 radical (unpaired) electrons. The molecule has 8 heteroatoms. The minimum atomic E-state index is -2.61. The molecule has 1 rings (SSSR count). The lowest BCUT2D eigenvalue weighted by Crippen LogP contribution is -2.26. The van der Waals surface area contributed by atoms with Gasteiger partial charge in [-0.1, -0.05) is 13.0 Å². The van der Waals surface area contributed by atoms with Gasteiger partial charge in [-0.3, -0.25) is 15.0 Å². The lowest BCUT2D eigenvalue weighted by molar-refractivity contribution is 0.197. The zero-order chi connectivity index (χ0) is 15.1. The van der Waals surface area contributed by atoms with Crippen molar-refractivity contribution in [2.75, 3.05) is 0 Å². The monoisotopic (exact) mass is 284 g/mol. The fourth-order valence-corrected chi connectivity index (χ4v) is 1.31. The largest absolute Gasteiger partial charge is 0.351 e. The number of hydrogen-bond donors (Lipinski definition) is 2. The molecule has 0 fully saturated rings. The number of nitrogens with one attached hydrogen (secondary N) is 2. The lowest BCUT2D eigenvalue weighted by Gasteiger charge is -1.99. The first-order valence-corrected chi connectivity index (χ1v) is 5.83. The summed E-state index contributed by atoms with van der Waals surface area (Å²) in [6, 6.07) is 0. The zero-order valence-corrected chi connectivity index (χ0v) is 11.0. The van der Waals surface area contributed by atoms with Gasteiger partial charge in [-0.15, -0.1) is 0 Å². The molecular weight excluding hydrogens is 270 g/mol. The van der Waals surface area contributed by atoms with Crippen LogP contribution < -0.4 is 11.4 Å². The molecule has 0 bridgehead atoms. The molecule has 0 spiro atoms. The summed E-state index contributed by atoms with van der Waals surface area (Å²) >= 11 is 0. The molecule has 0 saturated heterocycles. The van der Waals surface area contributed by atoms with Crippen LogP contribution in [0, 0.1) is 0 Å². The molecule has 2 N–H and O–H groups in total. The fraction of sp³-hybridized carbons (Fsp3) is 0.333. The molecule has 0 aliphatic heterocycles. The number of halogens is 2. The van der Waals surface area contributed by atoms with Gasteiger partial charge in [0.15, 0.2) is 0 Å². The first-order chi connectivity index (χ1) is 9.43. The van der Waals surface area contributed by atoms with Crippen molar-refractivity contribution in [1.29, 1.82) is 0 Å². The van der Waals surface area contributed by atoms with Gasteiger partial charge in [0.05, 0.1) is 0 Å². The van der Waals surface area contributed by atoms with Crippen LogP contribution in [0.2, 0.25) is 0 Å². The summed E-state index contributed by atoms with van der Waals surface area (Å²) in [6.07, 6.45) is 1.50. The van der Waals surface area contributed by atoms with Crippen molar-refractivity contribution in [3.05, 3.63) is 44.6 Å². The molecule has 0 amide bonds. The van der Waals surface area contributed by atoms with Crippen LogP contribution in [0.25, 0.3) is 5.57 Å². The van der Waals surface area contributed by atoms with Crippen LogP contribution in [0.5, 0.6) is 0 Å². The smallest absolute Gasteiger partial charge is 0.292 e. The van der Waals surface area contributed by atoms with E-state index in [1.54, 1.807) is 13.8 Å². The van der Waals surface area contributed by atoms with Crippen molar-refractivity contribution in [2.24, 2.45) is 4.99 Å². The normalized spacial score (nSPS) is 13.4. The second-order valence-electron chi connectivity index (χ2n) is 3.85. The molecule has 6 nitrogen and oxygen atoms in total. The average molecular weight is 284 g/mol. The number of allylic oxidation sites excluding steroid dienone is 3. The molecule has 1 heterocycles. The summed E-state index contributed by atoms with van der Waals surface area (Å²) in [7, 11) is 0. The Kier molecular flexibility index (Phi) is 5.70. The van der Waals surface area contributed by atoms with E-state index in [-0.39, 0.29) is 11.4 Å². The number of hydrogen-bond acceptors (Lipinski definition) is 4. The van der Waals surface area contributed by atoms with Crippen LogP contribution in [0.3, 0.4) is 0 Å². The Morgan fingerprint density at radius 1 is 1.40 bits per heavy atom. The van der Waals surface area contributed by atoms with Gasteiger partial charge in [-0.2, -0.15) is 4.98 Å². The van der Waals surface area contributed by atoms with Crippen LogP contribution in [-0.4, -0.2) is 27.6 Å². The summed E-state index contributed by atoms with van der Waals surface area (Å²) in [6.45, 7) is 3.28. The maximum Gasteiger partial charge on any atom is 0.351 e. The Bertz CT molecular complexity index is 628. The van der Waals surface area contributed by atoms with Crippen molar-refractivity contribution in [1.82, 2.24) is 15.0 Å². The van der Waals surface area contributed by atoms with Gasteiger partial charge < -0.3 is 0 Å². The number of rotatable bonds is 5. The third-order valence-corrected chi connectivity index (χ3v) is 2.22. The molecule has 0 atom stereocenters. The predicted octanol–water partition coefficient (Wildman–Crippen LogP) is 1.49. The van der Waals surface area contributed by atoms with Crippen molar-refractivity contribution in [2.45, 2.75) is 26.7 Å². The SMILES string of the molecule is CC/C=C(/C=N/C=C(\C)c1nc(=O)[nH]c(=O)[nH]1)C(F)F. The van der Waals surface area contributed by atoms with Gasteiger partial charge in [0, 0.05) is 23.6 Å². The van der Waals surface area contributed by atoms with E-state index in [9.17, 15) is 18.4 Å². The molecule has 20 heavy (non-hydrogen) atoms. The predicted molar refractivity (Wildman–Crippen MR) is 72.0 cm³/mol. The molecule has 108 valence electrons. The topological polar surface area (TPSA) is 91.0 Å². The fourth-order valence-electron chi connectivity index (χ4n) is 1.31. The Morgan fingerprint density at radius 3 is 2.65 bits per heavy atom. The molecule has 0 saturated carbocycles. The molecule has 0 aromatic carbocycles. The number of nitrogens with zero attached hydrogens (tertiary/aromatic N) is 2. The minimum Gasteiger partial charge on any atom is -0.292 e. The average Bonchev–Trinajstić information content (AvgIpc) is 2.36. The van der Waals surface area contributed by atoms with Crippen molar-refractivity contribution in [3.63, 3.8) is 0 Å². The Labute approximate surface area is 113 Å². The molecule has 0 aliphatic carbocycles. The molecule has 1 aromatic rings. The highest BCUT2D eigenvalue weighted by molar-refractivity contribution is 5.80. The van der Waals surface area contributed by atoms with Gasteiger partial charge in [-0.05, 0) is 13.3 Å². The number of aromatic nitrogens is 3. The number of aliphatic imine (C=N–C) groups is 1. The summed E-state index contributed by atoms with van der Waals surface area (Å²) < 4.78 is 25.1. The highest BCUT2D eigenvalue weighted by Gasteiger charge is 2.06. The third-order valence-electron chi connectivity index (χ3n) is 2.22. The van der Waals surface area contributed by atoms with E-state index in [0.29, 0.717) is 12.0 Å². The lowest BCUT2D eigenvalue weighted by atomic mass is 10.2. The maximum absolute atomic E-state index is 12.6. The molecule has 0 unspecified atom stereocenters. The highest BCUT2D eigenvalue weighted by atomic mass is 19.3. The second-order valence-corrected chi connectivity index (χ2v) is 3.85. The number of aromatic amines is 2. The Morgan fingerprint density at radius 2 is 2.10 bits per heavy atom. The quantitative estimate of drug-likeness (QED) is 0.802. The van der Waals surface area contributed by atoms with Crippen LogP contribution in [0.1, 0.15) is 26.1 Å². The van der Waals surface area contributed by atoms with Crippen molar-refractivity contribution < 1.29 is 8.78 Å². The minimum absolute atomic E-state index is 0.0361. The molecule has 0 aliphatic rings. The summed E-state index contributed by atoms with van der Waals surface area (Å²) in [5, 5.41) is 0. The van der Waals surface area contributed by atoms with Crippen LogP contribution in [0.15, 0.2) is 32.4 Å². The second kappa shape index (κ2) is 7.27. The van der Waals surface area contributed by atoms with Crippen LogP contribution in [0.4, 0.5) is 8.78 Å². The van der Waals surface area contributed by atoms with Crippen LogP contribution >= 0.6 is 0 Å². The van der Waals surface area contributed by atoms with Gasteiger partial charge in [0.25, 0.3) is 6.43 Å². The van der Waals surface area contributed by atoms with Crippen LogP contribution in [-0.2, 0) is 0 Å². The highest BCUT2D eigenvalue weighted by Crippen LogP contribution is 2.08. The van der Waals surface area contributed by atoms with E-state index in [1.807, 2.05) is 4.98 Å². The first-order valence-electron chi connectivity index (χ1n) is 5.83. The first kappa shape index (κ1) is 15.7.